The third kappa shape index (κ3) is 2.81. The van der Waals surface area contributed by atoms with E-state index in [-0.39, 0.29) is 17.2 Å². The molecular weight excluding hydrogens is 376 g/mol. The summed E-state index contributed by atoms with van der Waals surface area (Å²) in [7, 11) is 0. The van der Waals surface area contributed by atoms with Crippen LogP contribution in [0, 0.1) is 5.92 Å². The Labute approximate surface area is 167 Å². The molecule has 1 aromatic carbocycles. The fourth-order valence-corrected chi connectivity index (χ4v) is 4.51. The molecule has 0 radical (unpaired) electrons. The molecule has 0 aliphatic carbocycles. The number of piperidine rings is 1. The summed E-state index contributed by atoms with van der Waals surface area (Å²) in [6.45, 7) is 3.86. The summed E-state index contributed by atoms with van der Waals surface area (Å²) in [5.74, 6) is 1.38. The van der Waals surface area contributed by atoms with Gasteiger partial charge in [-0.1, -0.05) is 25.1 Å². The van der Waals surface area contributed by atoms with Crippen LogP contribution in [0.15, 0.2) is 36.4 Å². The fraction of sp³-hybridized carbons (Fsp3) is 0.400. The maximum atomic E-state index is 13.5. The van der Waals surface area contributed by atoms with Crippen molar-refractivity contribution in [2.24, 2.45) is 5.92 Å². The molecule has 2 aliphatic heterocycles. The molecule has 1 amide bonds. The number of hydrogen-bond acceptors (Lipinski definition) is 5. The van der Waals surface area contributed by atoms with Crippen molar-refractivity contribution in [3.63, 3.8) is 0 Å². The van der Waals surface area contributed by atoms with E-state index in [2.05, 4.69) is 28.3 Å². The van der Waals surface area contributed by atoms with Gasteiger partial charge >= 0.3 is 0 Å². The molecule has 0 bridgehead atoms. The van der Waals surface area contributed by atoms with Gasteiger partial charge in [0.1, 0.15) is 6.04 Å². The van der Waals surface area contributed by atoms with Gasteiger partial charge in [-0.15, -0.1) is 15.3 Å². The van der Waals surface area contributed by atoms with Gasteiger partial charge in [0.2, 0.25) is 11.2 Å². The lowest BCUT2D eigenvalue weighted by molar-refractivity contribution is -0.134. The number of benzene rings is 1. The number of amides is 1. The molecule has 5 rings (SSSR count). The number of carbonyl (C=O) groups excluding carboxylic acids is 1. The van der Waals surface area contributed by atoms with Gasteiger partial charge in [-0.2, -0.15) is 4.52 Å². The minimum Gasteiger partial charge on any atom is -0.341 e. The van der Waals surface area contributed by atoms with E-state index in [1.54, 1.807) is 0 Å². The van der Waals surface area contributed by atoms with Gasteiger partial charge in [0.15, 0.2) is 11.5 Å². The molecule has 0 saturated carbocycles. The van der Waals surface area contributed by atoms with E-state index in [4.69, 9.17) is 11.6 Å². The van der Waals surface area contributed by atoms with Gasteiger partial charge in [0.25, 0.3) is 0 Å². The lowest BCUT2D eigenvalue weighted by Gasteiger charge is -2.35. The van der Waals surface area contributed by atoms with Gasteiger partial charge in [0.05, 0.1) is 0 Å². The van der Waals surface area contributed by atoms with Crippen LogP contribution in [0.3, 0.4) is 0 Å². The highest BCUT2D eigenvalue weighted by atomic mass is 35.5. The van der Waals surface area contributed by atoms with E-state index in [1.807, 2.05) is 40.1 Å². The molecule has 28 heavy (non-hydrogen) atoms. The molecule has 2 atom stereocenters. The van der Waals surface area contributed by atoms with Crippen LogP contribution < -0.4 is 4.90 Å². The highest BCUT2D eigenvalue weighted by Crippen LogP contribution is 2.38. The second-order valence-corrected chi connectivity index (χ2v) is 8.02. The zero-order valence-electron chi connectivity index (χ0n) is 15.6. The average molecular weight is 397 g/mol. The molecule has 0 unspecified atom stereocenters. The standard InChI is InChI=1S/C20H21ClN6O/c1-13-5-4-10-25(12-13)19(28)16-11-14-6-2-3-7-15(14)26(16)18-9-8-17-22-23-20(21)27(17)24-18/h2-3,6-9,13,16H,4-5,10-12H2,1H3/t13-,16-/m0/s1. The Morgan fingerprint density at radius 1 is 1.18 bits per heavy atom. The second kappa shape index (κ2) is 6.74. The summed E-state index contributed by atoms with van der Waals surface area (Å²) in [5.41, 5.74) is 2.75. The van der Waals surface area contributed by atoms with Crippen molar-refractivity contribution >= 4 is 34.7 Å². The normalized spacial score (nSPS) is 21.9. The zero-order chi connectivity index (χ0) is 19.3. The van der Waals surface area contributed by atoms with E-state index in [0.29, 0.717) is 23.8 Å². The number of carbonyl (C=O) groups is 1. The Hall–Kier alpha value is -2.67. The van der Waals surface area contributed by atoms with E-state index in [0.717, 1.165) is 30.8 Å². The number of halogens is 1. The van der Waals surface area contributed by atoms with Crippen LogP contribution in [-0.4, -0.2) is 49.7 Å². The van der Waals surface area contributed by atoms with Crippen molar-refractivity contribution in [3.05, 3.63) is 47.2 Å². The SMILES string of the molecule is C[C@H]1CCCN(C(=O)[C@@H]2Cc3ccccc3N2c2ccc3nnc(Cl)n3n2)C1. The number of likely N-dealkylation sites (tertiary alicyclic amines) is 1. The van der Waals surface area contributed by atoms with Gasteiger partial charge in [-0.3, -0.25) is 4.79 Å². The maximum absolute atomic E-state index is 13.5. The number of anilines is 2. The molecule has 1 fully saturated rings. The predicted molar refractivity (Wildman–Crippen MR) is 107 cm³/mol. The van der Waals surface area contributed by atoms with E-state index in [1.165, 1.54) is 10.9 Å². The summed E-state index contributed by atoms with van der Waals surface area (Å²) in [6, 6.07) is 11.5. The van der Waals surface area contributed by atoms with Crippen LogP contribution >= 0.6 is 11.6 Å². The highest BCUT2D eigenvalue weighted by molar-refractivity contribution is 6.28. The van der Waals surface area contributed by atoms with Crippen LogP contribution in [0.1, 0.15) is 25.3 Å². The molecule has 144 valence electrons. The summed E-state index contributed by atoms with van der Waals surface area (Å²) in [5, 5.41) is 12.7. The highest BCUT2D eigenvalue weighted by Gasteiger charge is 2.39. The van der Waals surface area contributed by atoms with E-state index in [9.17, 15) is 4.79 Å². The number of rotatable bonds is 2. The van der Waals surface area contributed by atoms with Gasteiger partial charge in [-0.25, -0.2) is 0 Å². The molecule has 2 aliphatic rings. The molecule has 8 heteroatoms. The van der Waals surface area contributed by atoms with Crippen molar-refractivity contribution in [3.8, 4) is 0 Å². The Morgan fingerprint density at radius 3 is 2.89 bits per heavy atom. The molecule has 0 spiro atoms. The first-order valence-electron chi connectivity index (χ1n) is 9.65. The zero-order valence-corrected chi connectivity index (χ0v) is 16.4. The van der Waals surface area contributed by atoms with Crippen molar-refractivity contribution < 1.29 is 4.79 Å². The second-order valence-electron chi connectivity index (χ2n) is 7.68. The third-order valence-electron chi connectivity index (χ3n) is 5.69. The van der Waals surface area contributed by atoms with E-state index >= 15 is 0 Å². The predicted octanol–water partition coefficient (Wildman–Crippen LogP) is 3.10. The Balaban J connectivity index is 1.56. The van der Waals surface area contributed by atoms with E-state index < -0.39 is 0 Å². The first kappa shape index (κ1) is 17.4. The van der Waals surface area contributed by atoms with Crippen LogP contribution in [0.25, 0.3) is 5.65 Å². The summed E-state index contributed by atoms with van der Waals surface area (Å²) < 4.78 is 1.50. The maximum Gasteiger partial charge on any atom is 0.246 e. The fourth-order valence-electron chi connectivity index (χ4n) is 4.35. The van der Waals surface area contributed by atoms with Crippen molar-refractivity contribution in [2.45, 2.75) is 32.2 Å². The van der Waals surface area contributed by atoms with Gasteiger partial charge in [0, 0.05) is 25.2 Å². The Kier molecular flexibility index (Phi) is 4.19. The molecule has 4 heterocycles. The molecule has 0 N–H and O–H groups in total. The Bertz CT molecular complexity index is 1050. The third-order valence-corrected chi connectivity index (χ3v) is 5.92. The molecule has 1 saturated heterocycles. The lowest BCUT2D eigenvalue weighted by Crippen LogP contribution is -2.49. The van der Waals surface area contributed by atoms with Crippen LogP contribution in [-0.2, 0) is 11.2 Å². The summed E-state index contributed by atoms with van der Waals surface area (Å²) >= 11 is 6.12. The number of hydrogen-bond donors (Lipinski definition) is 0. The molecule has 2 aromatic heterocycles. The van der Waals surface area contributed by atoms with Crippen molar-refractivity contribution in [1.29, 1.82) is 0 Å². The monoisotopic (exact) mass is 396 g/mol. The van der Waals surface area contributed by atoms with Crippen molar-refractivity contribution in [2.75, 3.05) is 18.0 Å². The minimum atomic E-state index is -0.303. The van der Waals surface area contributed by atoms with Gasteiger partial charge < -0.3 is 9.80 Å². The number of fused-ring (bicyclic) bond motifs is 2. The largest absolute Gasteiger partial charge is 0.341 e. The summed E-state index contributed by atoms with van der Waals surface area (Å²) in [6.07, 6.45) is 2.92. The average Bonchev–Trinajstić information content (AvgIpc) is 3.28. The molecule has 7 nitrogen and oxygen atoms in total. The first-order valence-corrected chi connectivity index (χ1v) is 10.0. The topological polar surface area (TPSA) is 66.6 Å². The first-order chi connectivity index (χ1) is 13.6. The Morgan fingerprint density at radius 2 is 2.04 bits per heavy atom. The molecular formula is C20H21ClN6O. The van der Waals surface area contributed by atoms with Crippen LogP contribution in [0.4, 0.5) is 11.5 Å². The number of aromatic nitrogens is 4. The van der Waals surface area contributed by atoms with Crippen LogP contribution in [0.2, 0.25) is 5.28 Å². The smallest absolute Gasteiger partial charge is 0.246 e. The van der Waals surface area contributed by atoms with Crippen molar-refractivity contribution in [1.82, 2.24) is 24.7 Å². The minimum absolute atomic E-state index is 0.166. The quantitative estimate of drug-likeness (QED) is 0.665. The molecule has 3 aromatic rings. The summed E-state index contributed by atoms with van der Waals surface area (Å²) in [4.78, 5) is 17.5. The number of para-hydroxylation sites is 1. The van der Waals surface area contributed by atoms with Crippen LogP contribution in [0.5, 0.6) is 0 Å². The number of nitrogens with zero attached hydrogens (tertiary/aromatic N) is 6. The lowest BCUT2D eigenvalue weighted by atomic mass is 9.99. The van der Waals surface area contributed by atoms with Gasteiger partial charge in [-0.05, 0) is 54.1 Å².